The second-order valence-corrected chi connectivity index (χ2v) is 9.92. The number of amides is 4. The highest BCUT2D eigenvalue weighted by molar-refractivity contribution is 6.03. The maximum Gasteiger partial charge on any atom is 0.322 e. The molecule has 0 saturated carbocycles. The number of ether oxygens (including phenoxy) is 1. The van der Waals surface area contributed by atoms with Gasteiger partial charge in [0.15, 0.2) is 0 Å². The number of rotatable bonds is 8. The van der Waals surface area contributed by atoms with Gasteiger partial charge in [0, 0.05) is 26.1 Å². The number of aryl methyl sites for hydroxylation is 1. The molecule has 0 aliphatic carbocycles. The third-order valence-electron chi connectivity index (χ3n) is 7.42. The molecule has 1 fully saturated rings. The number of hydrogen-bond acceptors (Lipinski definition) is 4. The minimum atomic E-state index is -0.714. The normalized spacial score (nSPS) is 22.2. The van der Waals surface area contributed by atoms with Gasteiger partial charge in [-0.15, -0.1) is 0 Å². The van der Waals surface area contributed by atoms with Crippen molar-refractivity contribution in [3.8, 4) is 0 Å². The fourth-order valence-electron chi connectivity index (χ4n) is 5.52. The molecule has 3 heterocycles. The van der Waals surface area contributed by atoms with E-state index in [2.05, 4.69) is 10.6 Å². The van der Waals surface area contributed by atoms with Crippen LogP contribution in [0.4, 0.5) is 4.79 Å². The zero-order valence-corrected chi connectivity index (χ0v) is 21.4. The van der Waals surface area contributed by atoms with E-state index in [-0.39, 0.29) is 30.5 Å². The van der Waals surface area contributed by atoms with Crippen LogP contribution in [0.1, 0.15) is 42.5 Å². The van der Waals surface area contributed by atoms with Gasteiger partial charge in [0.05, 0.1) is 30.0 Å². The molecule has 2 N–H and O–H groups in total. The van der Waals surface area contributed by atoms with Gasteiger partial charge in [-0.2, -0.15) is 0 Å². The molecule has 3 unspecified atom stereocenters. The summed E-state index contributed by atoms with van der Waals surface area (Å²) in [6.45, 7) is 5.65. The highest BCUT2D eigenvalue weighted by atomic mass is 16.5. The van der Waals surface area contributed by atoms with Crippen molar-refractivity contribution in [1.29, 1.82) is 0 Å². The number of nitrogens with one attached hydrogen (secondary N) is 2. The van der Waals surface area contributed by atoms with Gasteiger partial charge >= 0.3 is 6.03 Å². The van der Waals surface area contributed by atoms with Crippen LogP contribution >= 0.6 is 0 Å². The third-order valence-corrected chi connectivity index (χ3v) is 7.42. The molecule has 8 heteroatoms. The summed E-state index contributed by atoms with van der Waals surface area (Å²) in [5.41, 5.74) is 4.08. The number of benzene rings is 2. The molecule has 3 aliphatic heterocycles. The van der Waals surface area contributed by atoms with Crippen LogP contribution < -0.4 is 10.6 Å². The first-order valence-corrected chi connectivity index (χ1v) is 13.1. The van der Waals surface area contributed by atoms with Gasteiger partial charge in [-0.3, -0.25) is 14.5 Å². The quantitative estimate of drug-likeness (QED) is 0.581. The molecule has 0 spiro atoms. The second-order valence-electron chi connectivity index (χ2n) is 9.92. The number of nitrogens with zero attached hydrogens (tertiary/aromatic N) is 2. The van der Waals surface area contributed by atoms with Gasteiger partial charge in [-0.05, 0) is 37.8 Å². The Labute approximate surface area is 217 Å². The standard InChI is InChI=1S/C29H34N4O4/c1-3-32-24-18-33(28(35)25(24)26(31-29(32)36)21-12-7-9-19(2)15-21)23(16-20-10-5-4-6-11-20)27(34)30-17-22-13-8-14-37-22/h4-7,9-12,15,22-23,26H,3,8,13-14,16-18H2,1-2H3,(H,30,34)(H,31,36). The van der Waals surface area contributed by atoms with Crippen molar-refractivity contribution >= 4 is 17.8 Å². The predicted octanol–water partition coefficient (Wildman–Crippen LogP) is 3.08. The summed E-state index contributed by atoms with van der Waals surface area (Å²) in [6, 6.07) is 16.0. The van der Waals surface area contributed by atoms with Gasteiger partial charge in [0.25, 0.3) is 5.91 Å². The molecular weight excluding hydrogens is 468 g/mol. The van der Waals surface area contributed by atoms with Crippen LogP contribution in [0.15, 0.2) is 65.9 Å². The van der Waals surface area contributed by atoms with E-state index >= 15 is 0 Å². The van der Waals surface area contributed by atoms with Crippen molar-refractivity contribution in [2.24, 2.45) is 0 Å². The van der Waals surface area contributed by atoms with Crippen LogP contribution in [0, 0.1) is 6.92 Å². The summed E-state index contributed by atoms with van der Waals surface area (Å²) in [6.07, 6.45) is 2.29. The first-order valence-electron chi connectivity index (χ1n) is 13.1. The molecule has 0 aromatic heterocycles. The molecule has 0 radical (unpaired) electrons. The van der Waals surface area contributed by atoms with Crippen LogP contribution in [0.5, 0.6) is 0 Å². The molecule has 2 aromatic carbocycles. The van der Waals surface area contributed by atoms with Crippen molar-refractivity contribution < 1.29 is 19.1 Å². The lowest BCUT2D eigenvalue weighted by Gasteiger charge is -2.33. The predicted molar refractivity (Wildman–Crippen MR) is 139 cm³/mol. The van der Waals surface area contributed by atoms with E-state index in [0.29, 0.717) is 37.4 Å². The SMILES string of the molecule is CCN1C(=O)NC(c2cccc(C)c2)C2=C1CN(C(Cc1ccccc1)C(=O)NCC1CCCO1)C2=O. The molecule has 2 aromatic rings. The topological polar surface area (TPSA) is 91.0 Å². The molecule has 5 rings (SSSR count). The van der Waals surface area contributed by atoms with Crippen LogP contribution in [0.3, 0.4) is 0 Å². The largest absolute Gasteiger partial charge is 0.376 e. The Hall–Kier alpha value is -3.65. The van der Waals surface area contributed by atoms with Gasteiger partial charge in [-0.25, -0.2) is 4.79 Å². The molecule has 3 aliphatic rings. The lowest BCUT2D eigenvalue weighted by Crippen LogP contribution is -2.51. The van der Waals surface area contributed by atoms with Crippen LogP contribution in [0.2, 0.25) is 0 Å². The summed E-state index contributed by atoms with van der Waals surface area (Å²) in [5, 5.41) is 6.06. The number of urea groups is 1. The van der Waals surface area contributed by atoms with E-state index in [1.165, 1.54) is 0 Å². The van der Waals surface area contributed by atoms with Crippen molar-refractivity contribution in [3.05, 3.63) is 82.6 Å². The average molecular weight is 503 g/mol. The van der Waals surface area contributed by atoms with E-state index < -0.39 is 12.1 Å². The Morgan fingerprint density at radius 1 is 1.16 bits per heavy atom. The molecule has 3 atom stereocenters. The second kappa shape index (κ2) is 10.8. The van der Waals surface area contributed by atoms with Crippen molar-refractivity contribution in [1.82, 2.24) is 20.4 Å². The summed E-state index contributed by atoms with van der Waals surface area (Å²) in [5.74, 6) is -0.421. The molecule has 194 valence electrons. The molecule has 37 heavy (non-hydrogen) atoms. The Morgan fingerprint density at radius 3 is 2.68 bits per heavy atom. The Kier molecular flexibility index (Phi) is 7.28. The van der Waals surface area contributed by atoms with Gasteiger partial charge in [0.1, 0.15) is 6.04 Å². The summed E-state index contributed by atoms with van der Waals surface area (Å²) < 4.78 is 5.68. The average Bonchev–Trinajstić information content (AvgIpc) is 3.54. The number of hydrogen-bond donors (Lipinski definition) is 2. The number of carbonyl (C=O) groups is 3. The van der Waals surface area contributed by atoms with Crippen LogP contribution in [-0.2, 0) is 20.7 Å². The van der Waals surface area contributed by atoms with Gasteiger partial charge in [-0.1, -0.05) is 60.2 Å². The lowest BCUT2D eigenvalue weighted by atomic mass is 9.94. The van der Waals surface area contributed by atoms with E-state index in [0.717, 1.165) is 29.5 Å². The Morgan fingerprint density at radius 2 is 1.97 bits per heavy atom. The first kappa shape index (κ1) is 25.0. The lowest BCUT2D eigenvalue weighted by molar-refractivity contribution is -0.136. The van der Waals surface area contributed by atoms with Crippen LogP contribution in [-0.4, -0.2) is 66.0 Å². The molecule has 4 amide bonds. The van der Waals surface area contributed by atoms with Gasteiger partial charge in [0.2, 0.25) is 5.91 Å². The van der Waals surface area contributed by atoms with Crippen molar-refractivity contribution in [3.63, 3.8) is 0 Å². The van der Waals surface area contributed by atoms with E-state index in [1.54, 1.807) is 9.80 Å². The maximum absolute atomic E-state index is 14.1. The maximum atomic E-state index is 14.1. The minimum absolute atomic E-state index is 0.00467. The number of likely N-dealkylation sites (N-methyl/N-ethyl adjacent to an activating group) is 1. The fraction of sp³-hybridized carbons (Fsp3) is 0.414. The third kappa shape index (κ3) is 5.11. The zero-order valence-electron chi connectivity index (χ0n) is 21.4. The molecular formula is C29H34N4O4. The Balaban J connectivity index is 1.46. The highest BCUT2D eigenvalue weighted by Crippen LogP contribution is 2.37. The van der Waals surface area contributed by atoms with Crippen molar-refractivity contribution in [2.45, 2.75) is 51.3 Å². The number of carbonyl (C=O) groups excluding carboxylic acids is 3. The minimum Gasteiger partial charge on any atom is -0.376 e. The van der Waals surface area contributed by atoms with E-state index in [4.69, 9.17) is 4.74 Å². The molecule has 8 nitrogen and oxygen atoms in total. The smallest absolute Gasteiger partial charge is 0.322 e. The van der Waals surface area contributed by atoms with Gasteiger partial charge < -0.3 is 20.3 Å². The summed E-state index contributed by atoms with van der Waals surface area (Å²) in [4.78, 5) is 43.9. The van der Waals surface area contributed by atoms with E-state index in [1.807, 2.05) is 68.4 Å². The fourth-order valence-corrected chi connectivity index (χ4v) is 5.52. The van der Waals surface area contributed by atoms with Crippen molar-refractivity contribution in [2.75, 3.05) is 26.2 Å². The van der Waals surface area contributed by atoms with E-state index in [9.17, 15) is 14.4 Å². The summed E-state index contributed by atoms with van der Waals surface area (Å²) in [7, 11) is 0. The highest BCUT2D eigenvalue weighted by Gasteiger charge is 2.46. The molecule has 0 bridgehead atoms. The summed E-state index contributed by atoms with van der Waals surface area (Å²) >= 11 is 0. The zero-order chi connectivity index (χ0) is 25.9. The monoisotopic (exact) mass is 502 g/mol. The first-order chi connectivity index (χ1) is 18.0. The Bertz CT molecular complexity index is 1210. The van der Waals surface area contributed by atoms with Crippen LogP contribution in [0.25, 0.3) is 0 Å². The molecule has 1 saturated heterocycles.